The summed E-state index contributed by atoms with van der Waals surface area (Å²) in [5.41, 5.74) is 6.39. The van der Waals surface area contributed by atoms with Crippen LogP contribution >= 0.6 is 0 Å². The maximum absolute atomic E-state index is 11.3. The lowest BCUT2D eigenvalue weighted by Gasteiger charge is -2.35. The Kier molecular flexibility index (Phi) is 5.94. The molecule has 30 heavy (non-hydrogen) atoms. The van der Waals surface area contributed by atoms with Crippen LogP contribution in [0.15, 0.2) is 54.7 Å². The Bertz CT molecular complexity index is 1050. The molecule has 1 saturated heterocycles. The molecule has 7 nitrogen and oxygen atoms in total. The molecule has 1 aliphatic heterocycles. The van der Waals surface area contributed by atoms with Crippen molar-refractivity contribution in [2.75, 3.05) is 13.1 Å². The zero-order valence-electron chi connectivity index (χ0n) is 17.2. The second-order valence-corrected chi connectivity index (χ2v) is 7.72. The number of benzene rings is 1. The SMILES string of the molecule is CC1CN(Cc2c(-c3ccccc3)nc3cc(C=CC(=O)NO)ccn23)CC(C)O1. The van der Waals surface area contributed by atoms with E-state index in [1.807, 2.05) is 36.5 Å². The summed E-state index contributed by atoms with van der Waals surface area (Å²) in [5.74, 6) is -0.570. The largest absolute Gasteiger partial charge is 0.373 e. The van der Waals surface area contributed by atoms with Gasteiger partial charge in [-0.3, -0.25) is 14.9 Å². The van der Waals surface area contributed by atoms with E-state index < -0.39 is 5.91 Å². The van der Waals surface area contributed by atoms with Crippen LogP contribution in [0.3, 0.4) is 0 Å². The summed E-state index contributed by atoms with van der Waals surface area (Å²) in [6, 6.07) is 14.0. The fourth-order valence-corrected chi connectivity index (χ4v) is 4.03. The van der Waals surface area contributed by atoms with Gasteiger partial charge in [-0.25, -0.2) is 10.5 Å². The fraction of sp³-hybridized carbons (Fsp3) is 0.304. The fourth-order valence-electron chi connectivity index (χ4n) is 4.03. The van der Waals surface area contributed by atoms with Gasteiger partial charge in [0, 0.05) is 37.5 Å². The van der Waals surface area contributed by atoms with E-state index in [9.17, 15) is 4.79 Å². The van der Waals surface area contributed by atoms with Crippen molar-refractivity contribution >= 4 is 17.6 Å². The van der Waals surface area contributed by atoms with E-state index in [4.69, 9.17) is 14.9 Å². The van der Waals surface area contributed by atoms with Gasteiger partial charge in [0.2, 0.25) is 0 Å². The highest BCUT2D eigenvalue weighted by atomic mass is 16.5. The number of hydrogen-bond acceptors (Lipinski definition) is 5. The molecule has 3 heterocycles. The molecule has 2 unspecified atom stereocenters. The van der Waals surface area contributed by atoms with Crippen LogP contribution in [0, 0.1) is 0 Å². The van der Waals surface area contributed by atoms with Crippen molar-refractivity contribution in [3.8, 4) is 11.3 Å². The molecular formula is C23H26N4O3. The second-order valence-electron chi connectivity index (χ2n) is 7.72. The van der Waals surface area contributed by atoms with Gasteiger partial charge < -0.3 is 9.14 Å². The third-order valence-electron chi connectivity index (χ3n) is 5.20. The molecule has 2 aromatic heterocycles. The lowest BCUT2D eigenvalue weighted by molar-refractivity contribution is -0.124. The molecule has 2 N–H and O–H groups in total. The van der Waals surface area contributed by atoms with Gasteiger partial charge in [0.15, 0.2) is 0 Å². The van der Waals surface area contributed by atoms with Crippen molar-refractivity contribution in [1.82, 2.24) is 19.8 Å². The normalized spacial score (nSPS) is 20.1. The molecule has 0 aliphatic carbocycles. The quantitative estimate of drug-likeness (QED) is 0.387. The maximum Gasteiger partial charge on any atom is 0.267 e. The van der Waals surface area contributed by atoms with E-state index in [0.717, 1.165) is 47.8 Å². The zero-order chi connectivity index (χ0) is 21.1. The minimum Gasteiger partial charge on any atom is -0.373 e. The smallest absolute Gasteiger partial charge is 0.267 e. The number of nitrogens with zero attached hydrogens (tertiary/aromatic N) is 3. The molecule has 0 spiro atoms. The molecule has 156 valence electrons. The molecule has 0 bridgehead atoms. The van der Waals surface area contributed by atoms with E-state index in [2.05, 4.69) is 35.3 Å². The number of carbonyl (C=O) groups is 1. The number of amides is 1. The first kappa shape index (κ1) is 20.3. The number of ether oxygens (including phenoxy) is 1. The first-order valence-corrected chi connectivity index (χ1v) is 10.1. The molecule has 1 aliphatic rings. The Morgan fingerprint density at radius 2 is 1.97 bits per heavy atom. The lowest BCUT2D eigenvalue weighted by Crippen LogP contribution is -2.45. The van der Waals surface area contributed by atoms with Gasteiger partial charge in [0.25, 0.3) is 5.91 Å². The number of aromatic nitrogens is 2. The highest BCUT2D eigenvalue weighted by Gasteiger charge is 2.25. The van der Waals surface area contributed by atoms with E-state index in [1.54, 1.807) is 11.6 Å². The predicted molar refractivity (Wildman–Crippen MR) is 115 cm³/mol. The Labute approximate surface area is 175 Å². The van der Waals surface area contributed by atoms with Gasteiger partial charge in [-0.05, 0) is 37.6 Å². The highest BCUT2D eigenvalue weighted by molar-refractivity contribution is 5.91. The number of carbonyl (C=O) groups excluding carboxylic acids is 1. The second kappa shape index (κ2) is 8.79. The molecular weight excluding hydrogens is 380 g/mol. The van der Waals surface area contributed by atoms with Crippen molar-refractivity contribution < 1.29 is 14.7 Å². The van der Waals surface area contributed by atoms with Gasteiger partial charge in [0.1, 0.15) is 5.65 Å². The summed E-state index contributed by atoms with van der Waals surface area (Å²) in [6.07, 6.45) is 5.30. The summed E-state index contributed by atoms with van der Waals surface area (Å²) in [5, 5.41) is 8.66. The van der Waals surface area contributed by atoms with E-state index in [-0.39, 0.29) is 12.2 Å². The van der Waals surface area contributed by atoms with Crippen LogP contribution in [0.5, 0.6) is 0 Å². The molecule has 7 heteroatoms. The minimum atomic E-state index is -0.570. The van der Waals surface area contributed by atoms with Crippen molar-refractivity contribution in [1.29, 1.82) is 0 Å². The number of fused-ring (bicyclic) bond motifs is 1. The van der Waals surface area contributed by atoms with Gasteiger partial charge in [-0.2, -0.15) is 0 Å². The number of rotatable bonds is 5. The van der Waals surface area contributed by atoms with Crippen LogP contribution in [-0.4, -0.2) is 50.7 Å². The highest BCUT2D eigenvalue weighted by Crippen LogP contribution is 2.27. The summed E-state index contributed by atoms with van der Waals surface area (Å²) in [7, 11) is 0. The zero-order valence-corrected chi connectivity index (χ0v) is 17.2. The molecule has 1 aromatic carbocycles. The van der Waals surface area contributed by atoms with Crippen LogP contribution < -0.4 is 5.48 Å². The molecule has 1 amide bonds. The molecule has 2 atom stereocenters. The molecule has 3 aromatic rings. The predicted octanol–water partition coefficient (Wildman–Crippen LogP) is 3.13. The Hall–Kier alpha value is -3.00. The third-order valence-corrected chi connectivity index (χ3v) is 5.20. The summed E-state index contributed by atoms with van der Waals surface area (Å²) >= 11 is 0. The topological polar surface area (TPSA) is 79.1 Å². The molecule has 1 fully saturated rings. The van der Waals surface area contributed by atoms with Crippen LogP contribution in [-0.2, 0) is 16.1 Å². The molecule has 0 radical (unpaired) electrons. The van der Waals surface area contributed by atoms with Gasteiger partial charge >= 0.3 is 0 Å². The van der Waals surface area contributed by atoms with E-state index in [1.165, 1.54) is 6.08 Å². The molecule has 0 saturated carbocycles. The summed E-state index contributed by atoms with van der Waals surface area (Å²) < 4.78 is 7.99. The number of nitrogens with one attached hydrogen (secondary N) is 1. The summed E-state index contributed by atoms with van der Waals surface area (Å²) in [6.45, 7) is 6.74. The third kappa shape index (κ3) is 4.43. The Morgan fingerprint density at radius 1 is 1.23 bits per heavy atom. The Balaban J connectivity index is 1.74. The first-order valence-electron chi connectivity index (χ1n) is 10.1. The minimum absolute atomic E-state index is 0.197. The lowest BCUT2D eigenvalue weighted by atomic mass is 10.1. The standard InChI is InChI=1S/C23H26N4O3/c1-16-13-26(14-17(2)30-16)15-20-23(19-6-4-3-5-7-19)24-21-12-18(10-11-27(20)21)8-9-22(28)25-29/h3-12,16-17,29H,13-15H2,1-2H3,(H,25,28). The van der Waals surface area contributed by atoms with Gasteiger partial charge in [-0.15, -0.1) is 0 Å². The monoisotopic (exact) mass is 406 g/mol. The van der Waals surface area contributed by atoms with Crippen LogP contribution in [0.1, 0.15) is 25.1 Å². The van der Waals surface area contributed by atoms with Crippen molar-refractivity contribution in [3.05, 3.63) is 66.0 Å². The number of hydroxylamine groups is 1. The van der Waals surface area contributed by atoms with Crippen LogP contribution in [0.25, 0.3) is 23.0 Å². The summed E-state index contributed by atoms with van der Waals surface area (Å²) in [4.78, 5) is 18.6. The average Bonchev–Trinajstić information content (AvgIpc) is 3.09. The average molecular weight is 406 g/mol. The van der Waals surface area contributed by atoms with Crippen molar-refractivity contribution in [2.24, 2.45) is 0 Å². The van der Waals surface area contributed by atoms with E-state index in [0.29, 0.717) is 0 Å². The van der Waals surface area contributed by atoms with Crippen LogP contribution in [0.4, 0.5) is 0 Å². The van der Waals surface area contributed by atoms with Crippen molar-refractivity contribution in [3.63, 3.8) is 0 Å². The number of hydrogen-bond donors (Lipinski definition) is 2. The van der Waals surface area contributed by atoms with Gasteiger partial charge in [0.05, 0.1) is 23.6 Å². The first-order chi connectivity index (χ1) is 14.5. The van der Waals surface area contributed by atoms with E-state index >= 15 is 0 Å². The number of imidazole rings is 1. The van der Waals surface area contributed by atoms with Gasteiger partial charge in [-0.1, -0.05) is 30.3 Å². The van der Waals surface area contributed by atoms with Crippen molar-refractivity contribution in [2.45, 2.75) is 32.6 Å². The maximum atomic E-state index is 11.3. The Morgan fingerprint density at radius 3 is 2.67 bits per heavy atom. The molecule has 4 rings (SSSR count). The number of pyridine rings is 1. The van der Waals surface area contributed by atoms with Crippen LogP contribution in [0.2, 0.25) is 0 Å². The number of morpholine rings is 1.